The maximum absolute atomic E-state index is 12.3. The lowest BCUT2D eigenvalue weighted by atomic mass is 10.0. The number of carbonyl (C=O) groups is 1. The van der Waals surface area contributed by atoms with Crippen LogP contribution in [-0.2, 0) is 12.8 Å². The van der Waals surface area contributed by atoms with Crippen LogP contribution in [0, 0.1) is 0 Å². The number of hydroxylamine groups is 1. The molecule has 7 heteroatoms. The van der Waals surface area contributed by atoms with Crippen LogP contribution < -0.4 is 21.0 Å². The van der Waals surface area contributed by atoms with E-state index in [9.17, 15) is 4.79 Å². The second-order valence-corrected chi connectivity index (χ2v) is 7.74. The van der Waals surface area contributed by atoms with Gasteiger partial charge in [0.2, 0.25) is 0 Å². The van der Waals surface area contributed by atoms with Crippen molar-refractivity contribution in [3.8, 4) is 5.75 Å². The molecule has 0 saturated heterocycles. The number of aryl methyl sites for hydroxylation is 1. The van der Waals surface area contributed by atoms with Crippen LogP contribution in [-0.4, -0.2) is 24.6 Å². The first-order chi connectivity index (χ1) is 14.1. The van der Waals surface area contributed by atoms with E-state index in [1.165, 1.54) is 36.9 Å². The summed E-state index contributed by atoms with van der Waals surface area (Å²) in [6.45, 7) is 2.71. The van der Waals surface area contributed by atoms with Gasteiger partial charge in [-0.05, 0) is 55.5 Å². The SMILES string of the molecule is CCCCc1ccc(CCNC(=O)Nc2cc(Cl)ccc2ONC)nc1C1CC1. The van der Waals surface area contributed by atoms with Gasteiger partial charge in [-0.15, -0.1) is 0 Å². The van der Waals surface area contributed by atoms with Crippen LogP contribution in [0.25, 0.3) is 0 Å². The molecule has 1 heterocycles. The number of nitrogens with zero attached hydrogens (tertiary/aromatic N) is 1. The van der Waals surface area contributed by atoms with E-state index < -0.39 is 0 Å². The third-order valence-electron chi connectivity index (χ3n) is 4.90. The number of anilines is 1. The van der Waals surface area contributed by atoms with E-state index in [0.29, 0.717) is 35.3 Å². The minimum atomic E-state index is -0.310. The van der Waals surface area contributed by atoms with Crippen LogP contribution in [0.2, 0.25) is 5.02 Å². The first-order valence-electron chi connectivity index (χ1n) is 10.3. The van der Waals surface area contributed by atoms with E-state index in [1.54, 1.807) is 25.2 Å². The maximum Gasteiger partial charge on any atom is 0.319 e. The molecule has 6 nitrogen and oxygen atoms in total. The van der Waals surface area contributed by atoms with Crippen LogP contribution >= 0.6 is 11.6 Å². The van der Waals surface area contributed by atoms with Crippen LogP contribution in [0.3, 0.4) is 0 Å². The number of carbonyl (C=O) groups excluding carboxylic acids is 1. The highest BCUT2D eigenvalue weighted by molar-refractivity contribution is 6.31. The first-order valence-corrected chi connectivity index (χ1v) is 10.6. The summed E-state index contributed by atoms with van der Waals surface area (Å²) in [7, 11) is 1.65. The van der Waals surface area contributed by atoms with Gasteiger partial charge in [0.25, 0.3) is 0 Å². The highest BCUT2D eigenvalue weighted by Crippen LogP contribution is 2.41. The normalized spacial score (nSPS) is 13.2. The van der Waals surface area contributed by atoms with Crippen LogP contribution in [0.15, 0.2) is 30.3 Å². The van der Waals surface area contributed by atoms with Gasteiger partial charge in [0.05, 0.1) is 5.69 Å². The second kappa shape index (κ2) is 10.5. The van der Waals surface area contributed by atoms with Crippen molar-refractivity contribution < 1.29 is 9.63 Å². The van der Waals surface area contributed by atoms with E-state index in [2.05, 4.69) is 35.2 Å². The molecule has 2 amide bonds. The quantitative estimate of drug-likeness (QED) is 0.485. The predicted octanol–water partition coefficient (Wildman–Crippen LogP) is 4.83. The summed E-state index contributed by atoms with van der Waals surface area (Å²) in [5.74, 6) is 1.12. The number of hydrogen-bond acceptors (Lipinski definition) is 4. The lowest BCUT2D eigenvalue weighted by molar-refractivity contribution is 0.224. The van der Waals surface area contributed by atoms with Crippen LogP contribution in [0.1, 0.15) is 55.5 Å². The Kier molecular flexibility index (Phi) is 7.72. The fourth-order valence-electron chi connectivity index (χ4n) is 3.24. The maximum atomic E-state index is 12.3. The molecule has 0 radical (unpaired) electrons. The topological polar surface area (TPSA) is 75.3 Å². The molecular weight excluding hydrogens is 388 g/mol. The number of aromatic nitrogens is 1. The zero-order chi connectivity index (χ0) is 20.6. The Bertz CT molecular complexity index is 840. The number of rotatable bonds is 10. The summed E-state index contributed by atoms with van der Waals surface area (Å²) in [5, 5.41) is 6.16. The summed E-state index contributed by atoms with van der Waals surface area (Å²) >= 11 is 6.02. The number of hydrogen-bond donors (Lipinski definition) is 3. The predicted molar refractivity (Wildman–Crippen MR) is 117 cm³/mol. The Hall–Kier alpha value is -2.31. The Morgan fingerprint density at radius 1 is 1.24 bits per heavy atom. The fourth-order valence-corrected chi connectivity index (χ4v) is 3.42. The lowest BCUT2D eigenvalue weighted by Crippen LogP contribution is -2.31. The van der Waals surface area contributed by atoms with Crippen LogP contribution in [0.4, 0.5) is 10.5 Å². The van der Waals surface area contributed by atoms with E-state index in [1.807, 2.05) is 0 Å². The monoisotopic (exact) mass is 416 g/mol. The molecule has 0 unspecified atom stereocenters. The highest BCUT2D eigenvalue weighted by Gasteiger charge is 2.27. The summed E-state index contributed by atoms with van der Waals surface area (Å²) < 4.78 is 0. The van der Waals surface area contributed by atoms with Gasteiger partial charge in [0, 0.05) is 42.3 Å². The molecule has 0 spiro atoms. The van der Waals surface area contributed by atoms with Crippen molar-refractivity contribution in [1.82, 2.24) is 15.8 Å². The molecule has 29 heavy (non-hydrogen) atoms. The number of pyridine rings is 1. The standard InChI is InChI=1S/C22H29ClN4O2/c1-3-4-5-15-8-10-18(26-21(15)16-6-7-16)12-13-25-22(28)27-19-14-17(23)9-11-20(19)29-24-2/h8-11,14,16,24H,3-7,12-13H2,1-2H3,(H2,25,27,28). The summed E-state index contributed by atoms with van der Waals surface area (Å²) in [6.07, 6.45) is 6.67. The Balaban J connectivity index is 1.54. The third kappa shape index (κ3) is 6.34. The molecule has 156 valence electrons. The lowest BCUT2D eigenvalue weighted by Gasteiger charge is -2.13. The van der Waals surface area contributed by atoms with Crippen molar-refractivity contribution in [2.45, 2.75) is 51.4 Å². The highest BCUT2D eigenvalue weighted by atomic mass is 35.5. The Morgan fingerprint density at radius 3 is 2.79 bits per heavy atom. The Morgan fingerprint density at radius 2 is 2.07 bits per heavy atom. The molecule has 3 N–H and O–H groups in total. The van der Waals surface area contributed by atoms with Crippen molar-refractivity contribution in [3.63, 3.8) is 0 Å². The fraction of sp³-hybridized carbons (Fsp3) is 0.455. The molecule has 0 bridgehead atoms. The van der Waals surface area contributed by atoms with Gasteiger partial charge in [-0.25, -0.2) is 4.79 Å². The van der Waals surface area contributed by atoms with E-state index in [4.69, 9.17) is 21.4 Å². The van der Waals surface area contributed by atoms with Gasteiger partial charge >= 0.3 is 6.03 Å². The largest absolute Gasteiger partial charge is 0.407 e. The van der Waals surface area contributed by atoms with Crippen molar-refractivity contribution in [2.75, 3.05) is 18.9 Å². The van der Waals surface area contributed by atoms with Gasteiger partial charge in [-0.2, -0.15) is 5.48 Å². The van der Waals surface area contributed by atoms with E-state index in [0.717, 1.165) is 12.1 Å². The molecule has 1 aromatic heterocycles. The average molecular weight is 417 g/mol. The van der Waals surface area contributed by atoms with Gasteiger partial charge in [0.15, 0.2) is 5.75 Å². The number of nitrogens with one attached hydrogen (secondary N) is 3. The van der Waals surface area contributed by atoms with Crippen LogP contribution in [0.5, 0.6) is 5.75 Å². The first kappa shape index (κ1) is 21.4. The summed E-state index contributed by atoms with van der Waals surface area (Å²) in [4.78, 5) is 22.5. The molecule has 1 aromatic carbocycles. The molecule has 3 rings (SSSR count). The number of unbranched alkanes of at least 4 members (excludes halogenated alkanes) is 1. The van der Waals surface area contributed by atoms with E-state index >= 15 is 0 Å². The molecule has 1 aliphatic carbocycles. The third-order valence-corrected chi connectivity index (χ3v) is 5.14. The molecule has 1 fully saturated rings. The van der Waals surface area contributed by atoms with Crippen molar-refractivity contribution in [2.24, 2.45) is 0 Å². The minimum Gasteiger partial charge on any atom is -0.407 e. The van der Waals surface area contributed by atoms with Crippen molar-refractivity contribution in [1.29, 1.82) is 0 Å². The molecule has 1 aliphatic rings. The number of halogens is 1. The molecule has 0 atom stereocenters. The second-order valence-electron chi connectivity index (χ2n) is 7.30. The van der Waals surface area contributed by atoms with Crippen molar-refractivity contribution >= 4 is 23.3 Å². The zero-order valence-corrected chi connectivity index (χ0v) is 17.8. The van der Waals surface area contributed by atoms with Gasteiger partial charge < -0.3 is 15.5 Å². The number of urea groups is 1. The molecule has 0 aliphatic heterocycles. The van der Waals surface area contributed by atoms with Crippen molar-refractivity contribution in [3.05, 3.63) is 52.3 Å². The average Bonchev–Trinajstić information content (AvgIpc) is 3.54. The smallest absolute Gasteiger partial charge is 0.319 e. The zero-order valence-electron chi connectivity index (χ0n) is 17.1. The molecule has 2 aromatic rings. The summed E-state index contributed by atoms with van der Waals surface area (Å²) in [5.41, 5.74) is 6.78. The van der Waals surface area contributed by atoms with Gasteiger partial charge in [0.1, 0.15) is 0 Å². The Labute approximate surface area is 177 Å². The van der Waals surface area contributed by atoms with E-state index in [-0.39, 0.29) is 6.03 Å². The number of benzene rings is 1. The molecule has 1 saturated carbocycles. The van der Waals surface area contributed by atoms with Gasteiger partial charge in [-0.3, -0.25) is 4.98 Å². The summed E-state index contributed by atoms with van der Waals surface area (Å²) in [6, 6.07) is 9.04. The van der Waals surface area contributed by atoms with Gasteiger partial charge in [-0.1, -0.05) is 31.0 Å². The number of amides is 2. The molecular formula is C22H29ClN4O2. The minimum absolute atomic E-state index is 0.310.